The highest BCUT2D eigenvalue weighted by atomic mass is 32.2. The fraction of sp³-hybridized carbons (Fsp3) is 0.0714. The van der Waals surface area contributed by atoms with Crippen molar-refractivity contribution in [1.29, 1.82) is 5.26 Å². The molecule has 1 N–H and O–H groups in total. The van der Waals surface area contributed by atoms with Crippen LogP contribution in [-0.4, -0.2) is 17.1 Å². The highest BCUT2D eigenvalue weighted by Gasteiger charge is 2.07. The predicted molar refractivity (Wildman–Crippen MR) is 75.1 cm³/mol. The van der Waals surface area contributed by atoms with E-state index in [9.17, 15) is 4.79 Å². The molecule has 0 spiro atoms. The second-order valence-corrected chi connectivity index (χ2v) is 4.64. The molecule has 0 aliphatic heterocycles. The van der Waals surface area contributed by atoms with Gasteiger partial charge in [0.25, 0.3) is 5.91 Å². The van der Waals surface area contributed by atoms with E-state index in [1.807, 2.05) is 36.6 Å². The average molecular weight is 269 g/mol. The minimum absolute atomic E-state index is 0.276. The summed E-state index contributed by atoms with van der Waals surface area (Å²) < 4.78 is 0. The molecule has 0 fully saturated rings. The van der Waals surface area contributed by atoms with E-state index in [0.29, 0.717) is 16.8 Å². The molecular formula is C14H11N3OS. The number of nitrogens with zero attached hydrogens (tertiary/aromatic N) is 2. The number of nitriles is 1. The maximum atomic E-state index is 12.0. The van der Waals surface area contributed by atoms with Crippen LogP contribution in [0.4, 0.5) is 5.69 Å². The number of anilines is 1. The zero-order valence-electron chi connectivity index (χ0n) is 10.3. The first-order chi connectivity index (χ1) is 9.22. The van der Waals surface area contributed by atoms with Gasteiger partial charge in [0.2, 0.25) is 0 Å². The smallest absolute Gasteiger partial charge is 0.257 e. The molecule has 0 aliphatic rings. The number of thioether (sulfide) groups is 1. The summed E-state index contributed by atoms with van der Waals surface area (Å²) >= 11 is 1.64. The van der Waals surface area contributed by atoms with Crippen molar-refractivity contribution < 1.29 is 4.79 Å². The quantitative estimate of drug-likeness (QED) is 0.870. The Balaban J connectivity index is 2.13. The average Bonchev–Trinajstić information content (AvgIpc) is 2.48. The Morgan fingerprint density at radius 2 is 2.05 bits per heavy atom. The van der Waals surface area contributed by atoms with Crippen molar-refractivity contribution in [3.05, 3.63) is 53.9 Å². The first-order valence-electron chi connectivity index (χ1n) is 5.53. The largest absolute Gasteiger partial charge is 0.322 e. The molecule has 4 nitrogen and oxygen atoms in total. The predicted octanol–water partition coefficient (Wildman–Crippen LogP) is 2.93. The number of carbonyl (C=O) groups excluding carboxylic acids is 1. The topological polar surface area (TPSA) is 65.8 Å². The van der Waals surface area contributed by atoms with Crippen LogP contribution >= 0.6 is 11.8 Å². The summed E-state index contributed by atoms with van der Waals surface area (Å²) in [5, 5.41) is 11.5. The van der Waals surface area contributed by atoms with Gasteiger partial charge in [-0.1, -0.05) is 0 Å². The molecule has 5 heteroatoms. The lowest BCUT2D eigenvalue weighted by molar-refractivity contribution is 0.102. The van der Waals surface area contributed by atoms with Crippen LogP contribution in [0.1, 0.15) is 15.9 Å². The molecule has 2 aromatic rings. The van der Waals surface area contributed by atoms with Gasteiger partial charge in [0, 0.05) is 23.0 Å². The van der Waals surface area contributed by atoms with Crippen molar-refractivity contribution in [1.82, 2.24) is 4.98 Å². The van der Waals surface area contributed by atoms with Crippen LogP contribution in [0, 0.1) is 11.3 Å². The summed E-state index contributed by atoms with van der Waals surface area (Å²) in [6.07, 6.45) is 4.85. The summed E-state index contributed by atoms with van der Waals surface area (Å²) in [6.45, 7) is 0. The molecule has 1 aromatic carbocycles. The molecule has 1 heterocycles. The molecule has 1 amide bonds. The van der Waals surface area contributed by atoms with E-state index in [1.54, 1.807) is 11.8 Å². The van der Waals surface area contributed by atoms with Gasteiger partial charge in [0.05, 0.1) is 11.1 Å². The van der Waals surface area contributed by atoms with Crippen molar-refractivity contribution in [3.8, 4) is 6.07 Å². The molecule has 0 atom stereocenters. The number of aromatic nitrogens is 1. The number of nitrogens with one attached hydrogen (secondary N) is 1. The second-order valence-electron chi connectivity index (χ2n) is 3.76. The van der Waals surface area contributed by atoms with Crippen LogP contribution in [0.25, 0.3) is 0 Å². The Morgan fingerprint density at radius 3 is 2.68 bits per heavy atom. The Hall–Kier alpha value is -2.32. The normalized spacial score (nSPS) is 9.68. The van der Waals surface area contributed by atoms with Crippen LogP contribution < -0.4 is 5.32 Å². The zero-order chi connectivity index (χ0) is 13.7. The number of hydrogen-bond acceptors (Lipinski definition) is 4. The minimum Gasteiger partial charge on any atom is -0.322 e. The molecular weight excluding hydrogens is 258 g/mol. The van der Waals surface area contributed by atoms with Crippen molar-refractivity contribution in [3.63, 3.8) is 0 Å². The van der Waals surface area contributed by atoms with E-state index < -0.39 is 0 Å². The molecule has 0 saturated heterocycles. The number of rotatable bonds is 3. The number of carbonyl (C=O) groups is 1. The number of pyridine rings is 1. The van der Waals surface area contributed by atoms with Crippen LogP contribution in [0.2, 0.25) is 0 Å². The molecule has 1 aromatic heterocycles. The van der Waals surface area contributed by atoms with Gasteiger partial charge in [-0.2, -0.15) is 5.26 Å². The molecule has 0 unspecified atom stereocenters. The number of amides is 1. The van der Waals surface area contributed by atoms with Gasteiger partial charge in [-0.05, 0) is 36.6 Å². The van der Waals surface area contributed by atoms with Gasteiger partial charge in [0.1, 0.15) is 6.07 Å². The fourth-order valence-electron chi connectivity index (χ4n) is 1.50. The van der Waals surface area contributed by atoms with Gasteiger partial charge in [-0.3, -0.25) is 9.78 Å². The zero-order valence-corrected chi connectivity index (χ0v) is 11.1. The monoisotopic (exact) mass is 269 g/mol. The van der Waals surface area contributed by atoms with Crippen LogP contribution in [0.3, 0.4) is 0 Å². The van der Waals surface area contributed by atoms with E-state index in [0.717, 1.165) is 4.90 Å². The molecule has 2 rings (SSSR count). The molecule has 0 radical (unpaired) electrons. The standard InChI is InChI=1S/C14H11N3OS/c1-19-13-4-2-12(3-5-13)17-14(18)11-6-10(7-15)8-16-9-11/h2-6,8-9H,1H3,(H,17,18). The lowest BCUT2D eigenvalue weighted by Crippen LogP contribution is -2.12. The summed E-state index contributed by atoms with van der Waals surface area (Å²) in [4.78, 5) is 17.0. The fourth-order valence-corrected chi connectivity index (χ4v) is 1.91. The Kier molecular flexibility index (Phi) is 4.16. The highest BCUT2D eigenvalue weighted by molar-refractivity contribution is 7.98. The van der Waals surface area contributed by atoms with Crippen molar-refractivity contribution >= 4 is 23.4 Å². The van der Waals surface area contributed by atoms with E-state index in [2.05, 4.69) is 10.3 Å². The summed E-state index contributed by atoms with van der Waals surface area (Å²) in [6, 6.07) is 11.0. The molecule has 19 heavy (non-hydrogen) atoms. The number of hydrogen-bond donors (Lipinski definition) is 1. The summed E-state index contributed by atoms with van der Waals surface area (Å²) in [5.74, 6) is -0.276. The van der Waals surface area contributed by atoms with Gasteiger partial charge < -0.3 is 5.32 Å². The highest BCUT2D eigenvalue weighted by Crippen LogP contribution is 2.18. The summed E-state index contributed by atoms with van der Waals surface area (Å²) in [7, 11) is 0. The maximum Gasteiger partial charge on any atom is 0.257 e. The van der Waals surface area contributed by atoms with Crippen molar-refractivity contribution in [2.45, 2.75) is 4.90 Å². The van der Waals surface area contributed by atoms with Crippen LogP contribution in [0.15, 0.2) is 47.6 Å². The Labute approximate surface area is 115 Å². The first-order valence-corrected chi connectivity index (χ1v) is 6.76. The van der Waals surface area contributed by atoms with Crippen molar-refractivity contribution in [2.75, 3.05) is 11.6 Å². The minimum atomic E-state index is -0.276. The van der Waals surface area contributed by atoms with Gasteiger partial charge in [-0.25, -0.2) is 0 Å². The Bertz CT molecular complexity index is 632. The molecule has 94 valence electrons. The van der Waals surface area contributed by atoms with Gasteiger partial charge in [-0.15, -0.1) is 11.8 Å². The van der Waals surface area contributed by atoms with Crippen LogP contribution in [-0.2, 0) is 0 Å². The molecule has 0 aliphatic carbocycles. The summed E-state index contributed by atoms with van der Waals surface area (Å²) in [5.41, 5.74) is 1.45. The Morgan fingerprint density at radius 1 is 1.32 bits per heavy atom. The van der Waals surface area contributed by atoms with Crippen LogP contribution in [0.5, 0.6) is 0 Å². The third-order valence-electron chi connectivity index (χ3n) is 2.48. The van der Waals surface area contributed by atoms with E-state index >= 15 is 0 Å². The number of benzene rings is 1. The lowest BCUT2D eigenvalue weighted by Gasteiger charge is -2.05. The second kappa shape index (κ2) is 6.03. The van der Waals surface area contributed by atoms with Gasteiger partial charge >= 0.3 is 0 Å². The maximum absolute atomic E-state index is 12.0. The van der Waals surface area contributed by atoms with E-state index in [-0.39, 0.29) is 5.91 Å². The molecule has 0 bridgehead atoms. The van der Waals surface area contributed by atoms with Gasteiger partial charge in [0.15, 0.2) is 0 Å². The third-order valence-corrected chi connectivity index (χ3v) is 3.22. The lowest BCUT2D eigenvalue weighted by atomic mass is 10.2. The molecule has 0 saturated carbocycles. The van der Waals surface area contributed by atoms with Crippen molar-refractivity contribution in [2.24, 2.45) is 0 Å². The first kappa shape index (κ1) is 13.1. The SMILES string of the molecule is CSc1ccc(NC(=O)c2cncc(C#N)c2)cc1. The third kappa shape index (κ3) is 3.33. The van der Waals surface area contributed by atoms with E-state index in [4.69, 9.17) is 5.26 Å². The van der Waals surface area contributed by atoms with E-state index in [1.165, 1.54) is 18.5 Å².